The van der Waals surface area contributed by atoms with Crippen LogP contribution in [0.4, 0.5) is 0 Å². The first-order valence-corrected chi connectivity index (χ1v) is 5.17. The summed E-state index contributed by atoms with van der Waals surface area (Å²) in [7, 11) is 3.50. The van der Waals surface area contributed by atoms with Crippen molar-refractivity contribution in [3.05, 3.63) is 29.8 Å². The van der Waals surface area contributed by atoms with Crippen molar-refractivity contribution >= 4 is 5.91 Å². The van der Waals surface area contributed by atoms with Gasteiger partial charge < -0.3 is 10.5 Å². The van der Waals surface area contributed by atoms with E-state index in [9.17, 15) is 4.79 Å². The number of rotatable bonds is 5. The molecule has 0 aromatic heterocycles. The molecule has 1 amide bonds. The average Bonchev–Trinajstić information content (AvgIpc) is 2.28. The van der Waals surface area contributed by atoms with E-state index >= 15 is 0 Å². The summed E-state index contributed by atoms with van der Waals surface area (Å²) in [6.45, 7) is 2.42. The van der Waals surface area contributed by atoms with Gasteiger partial charge in [-0.15, -0.1) is 0 Å². The lowest BCUT2D eigenvalue weighted by molar-refractivity contribution is -0.122. The van der Waals surface area contributed by atoms with Crippen molar-refractivity contribution in [3.8, 4) is 5.75 Å². The molecule has 16 heavy (non-hydrogen) atoms. The van der Waals surface area contributed by atoms with Crippen molar-refractivity contribution in [1.82, 2.24) is 4.90 Å². The quantitative estimate of drug-likeness (QED) is 0.808. The summed E-state index contributed by atoms with van der Waals surface area (Å²) in [6, 6.07) is 7.45. The number of carbonyl (C=O) groups excluding carboxylic acids is 1. The van der Waals surface area contributed by atoms with Crippen molar-refractivity contribution in [1.29, 1.82) is 0 Å². The molecule has 0 aliphatic carbocycles. The molecule has 0 bridgehead atoms. The van der Waals surface area contributed by atoms with Gasteiger partial charge in [-0.3, -0.25) is 9.69 Å². The molecule has 1 atom stereocenters. The third kappa shape index (κ3) is 2.97. The van der Waals surface area contributed by atoms with Crippen LogP contribution >= 0.6 is 0 Å². The van der Waals surface area contributed by atoms with Crippen molar-refractivity contribution in [2.24, 2.45) is 5.73 Å². The molecule has 1 rings (SSSR count). The molecular weight excluding hydrogens is 204 g/mol. The van der Waals surface area contributed by atoms with Gasteiger partial charge in [-0.2, -0.15) is 0 Å². The first-order chi connectivity index (χ1) is 7.56. The van der Waals surface area contributed by atoms with E-state index in [4.69, 9.17) is 10.5 Å². The van der Waals surface area contributed by atoms with Crippen LogP contribution in [0.3, 0.4) is 0 Å². The fraction of sp³-hybridized carbons (Fsp3) is 0.417. The predicted molar refractivity (Wildman–Crippen MR) is 63.1 cm³/mol. The van der Waals surface area contributed by atoms with Crippen molar-refractivity contribution in [3.63, 3.8) is 0 Å². The van der Waals surface area contributed by atoms with E-state index in [-0.39, 0.29) is 11.9 Å². The number of hydrogen-bond acceptors (Lipinski definition) is 3. The molecule has 0 radical (unpaired) electrons. The van der Waals surface area contributed by atoms with Crippen LogP contribution in [0.5, 0.6) is 5.75 Å². The van der Waals surface area contributed by atoms with Gasteiger partial charge in [0.05, 0.1) is 13.2 Å². The highest BCUT2D eigenvalue weighted by Gasteiger charge is 2.16. The number of para-hydroxylation sites is 1. The summed E-state index contributed by atoms with van der Waals surface area (Å²) in [6.07, 6.45) is 0. The van der Waals surface area contributed by atoms with Crippen molar-refractivity contribution in [2.75, 3.05) is 14.2 Å². The molecule has 0 saturated carbocycles. The van der Waals surface area contributed by atoms with Gasteiger partial charge in [0.15, 0.2) is 0 Å². The fourth-order valence-corrected chi connectivity index (χ4v) is 1.46. The number of methoxy groups -OCH3 is 1. The molecular formula is C12H18N2O2. The third-order valence-corrected chi connectivity index (χ3v) is 2.69. The number of nitrogens with zero attached hydrogens (tertiary/aromatic N) is 1. The van der Waals surface area contributed by atoms with Crippen molar-refractivity contribution < 1.29 is 9.53 Å². The Morgan fingerprint density at radius 2 is 2.12 bits per heavy atom. The molecule has 4 nitrogen and oxygen atoms in total. The molecule has 1 aromatic carbocycles. The standard InChI is InChI=1S/C12H18N2O2/c1-9(12(13)15)14(2)8-10-6-4-5-7-11(10)16-3/h4-7,9H,8H2,1-3H3,(H2,13,15). The van der Waals surface area contributed by atoms with Crippen LogP contribution in [-0.2, 0) is 11.3 Å². The number of benzene rings is 1. The zero-order valence-corrected chi connectivity index (χ0v) is 9.93. The second-order valence-electron chi connectivity index (χ2n) is 3.81. The normalized spacial score (nSPS) is 12.5. The number of ether oxygens (including phenoxy) is 1. The maximum absolute atomic E-state index is 11.0. The largest absolute Gasteiger partial charge is 0.496 e. The van der Waals surface area contributed by atoms with Crippen LogP contribution in [0.15, 0.2) is 24.3 Å². The second kappa shape index (κ2) is 5.51. The minimum Gasteiger partial charge on any atom is -0.496 e. The predicted octanol–water partition coefficient (Wildman–Crippen LogP) is 1.00. The van der Waals surface area contributed by atoms with E-state index in [0.29, 0.717) is 6.54 Å². The summed E-state index contributed by atoms with van der Waals surface area (Å²) in [5.41, 5.74) is 6.29. The smallest absolute Gasteiger partial charge is 0.234 e. The van der Waals surface area contributed by atoms with Gasteiger partial charge in [0.25, 0.3) is 0 Å². The zero-order valence-electron chi connectivity index (χ0n) is 9.93. The Bertz CT molecular complexity index is 366. The van der Waals surface area contributed by atoms with Crippen LogP contribution in [0.2, 0.25) is 0 Å². The highest BCUT2D eigenvalue weighted by molar-refractivity contribution is 5.79. The van der Waals surface area contributed by atoms with Crippen LogP contribution in [0, 0.1) is 0 Å². The number of amides is 1. The molecule has 4 heteroatoms. The van der Waals surface area contributed by atoms with Crippen LogP contribution in [0.25, 0.3) is 0 Å². The number of primary amides is 1. The van der Waals surface area contributed by atoms with Crippen LogP contribution in [-0.4, -0.2) is 31.0 Å². The Morgan fingerprint density at radius 1 is 1.50 bits per heavy atom. The number of nitrogens with two attached hydrogens (primary N) is 1. The minimum atomic E-state index is -0.322. The Morgan fingerprint density at radius 3 is 2.69 bits per heavy atom. The minimum absolute atomic E-state index is 0.287. The SMILES string of the molecule is COc1ccccc1CN(C)C(C)C(N)=O. The molecule has 88 valence electrons. The lowest BCUT2D eigenvalue weighted by atomic mass is 10.1. The lowest BCUT2D eigenvalue weighted by Crippen LogP contribution is -2.39. The van der Waals surface area contributed by atoms with Gasteiger partial charge in [0.1, 0.15) is 5.75 Å². The van der Waals surface area contributed by atoms with Gasteiger partial charge in [-0.05, 0) is 20.0 Å². The average molecular weight is 222 g/mol. The van der Waals surface area contributed by atoms with Gasteiger partial charge in [-0.1, -0.05) is 18.2 Å². The summed E-state index contributed by atoms with van der Waals surface area (Å²) in [5.74, 6) is 0.503. The highest BCUT2D eigenvalue weighted by atomic mass is 16.5. The van der Waals surface area contributed by atoms with Crippen LogP contribution in [0.1, 0.15) is 12.5 Å². The van der Waals surface area contributed by atoms with Gasteiger partial charge in [-0.25, -0.2) is 0 Å². The molecule has 1 aromatic rings. The van der Waals surface area contributed by atoms with E-state index < -0.39 is 0 Å². The summed E-state index contributed by atoms with van der Waals surface area (Å²) < 4.78 is 5.24. The molecule has 0 heterocycles. The molecule has 2 N–H and O–H groups in total. The summed E-state index contributed by atoms with van der Waals surface area (Å²) in [4.78, 5) is 12.9. The molecule has 0 spiro atoms. The summed E-state index contributed by atoms with van der Waals surface area (Å²) >= 11 is 0. The Labute approximate surface area is 96.0 Å². The molecule has 0 fully saturated rings. The first-order valence-electron chi connectivity index (χ1n) is 5.17. The number of carbonyl (C=O) groups is 1. The lowest BCUT2D eigenvalue weighted by Gasteiger charge is -2.22. The molecule has 0 aliphatic rings. The maximum atomic E-state index is 11.0. The molecule has 1 unspecified atom stereocenters. The Hall–Kier alpha value is -1.55. The number of hydrogen-bond donors (Lipinski definition) is 1. The first kappa shape index (κ1) is 12.5. The van der Waals surface area contributed by atoms with Gasteiger partial charge in [0, 0.05) is 12.1 Å². The monoisotopic (exact) mass is 222 g/mol. The Balaban J connectivity index is 2.76. The topological polar surface area (TPSA) is 55.6 Å². The third-order valence-electron chi connectivity index (χ3n) is 2.69. The summed E-state index contributed by atoms with van der Waals surface area (Å²) in [5, 5.41) is 0. The van der Waals surface area contributed by atoms with Gasteiger partial charge in [0.2, 0.25) is 5.91 Å². The van der Waals surface area contributed by atoms with E-state index in [0.717, 1.165) is 11.3 Å². The van der Waals surface area contributed by atoms with E-state index in [1.54, 1.807) is 14.0 Å². The van der Waals surface area contributed by atoms with Gasteiger partial charge >= 0.3 is 0 Å². The van der Waals surface area contributed by atoms with Crippen LogP contribution < -0.4 is 10.5 Å². The molecule has 0 saturated heterocycles. The molecule has 0 aliphatic heterocycles. The van der Waals surface area contributed by atoms with E-state index in [1.165, 1.54) is 0 Å². The zero-order chi connectivity index (χ0) is 12.1. The number of likely N-dealkylation sites (N-methyl/N-ethyl adjacent to an activating group) is 1. The highest BCUT2D eigenvalue weighted by Crippen LogP contribution is 2.19. The maximum Gasteiger partial charge on any atom is 0.234 e. The van der Waals surface area contributed by atoms with E-state index in [1.807, 2.05) is 36.2 Å². The second-order valence-corrected chi connectivity index (χ2v) is 3.81. The van der Waals surface area contributed by atoms with E-state index in [2.05, 4.69) is 0 Å². The fourth-order valence-electron chi connectivity index (χ4n) is 1.46. The Kier molecular flexibility index (Phi) is 4.31. The van der Waals surface area contributed by atoms with Crippen molar-refractivity contribution in [2.45, 2.75) is 19.5 Å².